The normalized spacial score (nSPS) is 10.8. The van der Waals surface area contributed by atoms with E-state index < -0.39 is 0 Å². The van der Waals surface area contributed by atoms with Crippen molar-refractivity contribution in [1.82, 2.24) is 9.88 Å². The quantitative estimate of drug-likeness (QED) is 0.748. The number of hydrogen-bond acceptors (Lipinski definition) is 2. The smallest absolute Gasteiger partial charge is 0.253 e. The van der Waals surface area contributed by atoms with Crippen LogP contribution in [0.2, 0.25) is 10.0 Å². The number of benzene rings is 2. The Morgan fingerprint density at radius 3 is 2.62 bits per heavy atom. The molecule has 24 heavy (non-hydrogen) atoms. The van der Waals surface area contributed by atoms with Gasteiger partial charge in [-0.15, -0.1) is 0 Å². The van der Waals surface area contributed by atoms with Crippen LogP contribution < -0.4 is 10.1 Å². The Hall–Kier alpha value is -2.17. The van der Waals surface area contributed by atoms with Gasteiger partial charge in [-0.05, 0) is 35.9 Å². The van der Waals surface area contributed by atoms with Crippen LogP contribution >= 0.6 is 23.2 Å². The third kappa shape index (κ3) is 3.07. The predicted octanol–water partition coefficient (Wildman–Crippen LogP) is 4.36. The lowest BCUT2D eigenvalue weighted by Gasteiger charge is -2.07. The highest BCUT2D eigenvalue weighted by atomic mass is 35.5. The van der Waals surface area contributed by atoms with Crippen LogP contribution in [0.1, 0.15) is 15.9 Å². The number of halogens is 2. The van der Waals surface area contributed by atoms with Crippen molar-refractivity contribution in [3.05, 3.63) is 63.8 Å². The Labute approximate surface area is 149 Å². The summed E-state index contributed by atoms with van der Waals surface area (Å²) < 4.78 is 7.29. The third-order valence-electron chi connectivity index (χ3n) is 3.90. The van der Waals surface area contributed by atoms with E-state index in [1.165, 1.54) is 0 Å². The van der Waals surface area contributed by atoms with E-state index in [0.717, 1.165) is 16.5 Å². The van der Waals surface area contributed by atoms with Gasteiger partial charge in [0.15, 0.2) is 0 Å². The summed E-state index contributed by atoms with van der Waals surface area (Å²) in [5.74, 6) is 0.570. The summed E-state index contributed by atoms with van der Waals surface area (Å²) in [4.78, 5) is 12.2. The molecule has 2 aromatic carbocycles. The monoisotopic (exact) mass is 362 g/mol. The molecule has 1 amide bonds. The zero-order valence-electron chi connectivity index (χ0n) is 13.3. The van der Waals surface area contributed by atoms with E-state index in [2.05, 4.69) is 5.32 Å². The molecule has 0 atom stereocenters. The molecule has 6 heteroatoms. The van der Waals surface area contributed by atoms with Crippen molar-refractivity contribution in [1.29, 1.82) is 0 Å². The Bertz CT molecular complexity index is 919. The Morgan fingerprint density at radius 1 is 1.17 bits per heavy atom. The van der Waals surface area contributed by atoms with Gasteiger partial charge in [-0.2, -0.15) is 0 Å². The van der Waals surface area contributed by atoms with Gasteiger partial charge in [0.2, 0.25) is 0 Å². The van der Waals surface area contributed by atoms with Crippen LogP contribution in [-0.2, 0) is 6.54 Å². The molecule has 0 aliphatic carbocycles. The molecular formula is C18H16Cl2N2O2. The molecule has 1 N–H and O–H groups in total. The molecule has 0 aliphatic heterocycles. The van der Waals surface area contributed by atoms with Crippen LogP contribution in [0.25, 0.3) is 10.9 Å². The molecule has 0 saturated carbocycles. The minimum atomic E-state index is -0.138. The summed E-state index contributed by atoms with van der Waals surface area (Å²) in [6, 6.07) is 11.2. The summed E-state index contributed by atoms with van der Waals surface area (Å²) in [6.07, 6.45) is 1.84. The number of carbonyl (C=O) groups is 1. The van der Waals surface area contributed by atoms with Crippen LogP contribution in [0.15, 0.2) is 42.6 Å². The number of aromatic nitrogens is 1. The maximum absolute atomic E-state index is 12.2. The summed E-state index contributed by atoms with van der Waals surface area (Å²) in [7, 11) is 3.22. The number of hydrogen-bond donors (Lipinski definition) is 1. The predicted molar refractivity (Wildman–Crippen MR) is 97.4 cm³/mol. The number of amides is 1. The average Bonchev–Trinajstić information content (AvgIpc) is 2.95. The molecule has 0 radical (unpaired) electrons. The highest BCUT2D eigenvalue weighted by molar-refractivity contribution is 6.42. The summed E-state index contributed by atoms with van der Waals surface area (Å²) in [5, 5.41) is 4.55. The van der Waals surface area contributed by atoms with Crippen molar-refractivity contribution in [2.75, 3.05) is 14.2 Å². The molecule has 0 unspecified atom stereocenters. The average molecular weight is 363 g/mol. The minimum Gasteiger partial charge on any atom is -0.497 e. The molecule has 0 spiro atoms. The largest absolute Gasteiger partial charge is 0.497 e. The number of ether oxygens (including phenoxy) is 1. The Kier molecular flexibility index (Phi) is 4.69. The molecule has 3 rings (SSSR count). The first-order valence-corrected chi connectivity index (χ1v) is 8.12. The number of nitrogens with zero attached hydrogens (tertiary/aromatic N) is 1. The molecular weight excluding hydrogens is 347 g/mol. The molecule has 124 valence electrons. The first kappa shape index (κ1) is 16.7. The van der Waals surface area contributed by atoms with Gasteiger partial charge in [0.1, 0.15) is 5.75 Å². The molecule has 0 aliphatic rings. The van der Waals surface area contributed by atoms with E-state index >= 15 is 0 Å². The van der Waals surface area contributed by atoms with E-state index in [9.17, 15) is 4.79 Å². The second kappa shape index (κ2) is 6.75. The van der Waals surface area contributed by atoms with Gasteiger partial charge >= 0.3 is 0 Å². The minimum absolute atomic E-state index is 0.138. The van der Waals surface area contributed by atoms with Gasteiger partial charge < -0.3 is 14.6 Å². The fourth-order valence-electron chi connectivity index (χ4n) is 2.68. The maximum Gasteiger partial charge on any atom is 0.253 e. The van der Waals surface area contributed by atoms with Gasteiger partial charge in [-0.3, -0.25) is 4.79 Å². The standard InChI is InChI=1S/C18H16Cl2N2O2/c1-21-18(23)14-10-22(9-11-3-5-15(19)16(20)7-11)17-6-4-12(24-2)8-13(14)17/h3-8,10H,9H2,1-2H3,(H,21,23). The molecule has 0 fully saturated rings. The van der Waals surface area contributed by atoms with Crippen molar-refractivity contribution in [3.8, 4) is 5.75 Å². The fourth-order valence-corrected chi connectivity index (χ4v) is 3.01. The zero-order valence-corrected chi connectivity index (χ0v) is 14.8. The van der Waals surface area contributed by atoms with Gasteiger partial charge in [-0.25, -0.2) is 0 Å². The van der Waals surface area contributed by atoms with Crippen molar-refractivity contribution in [2.24, 2.45) is 0 Å². The van der Waals surface area contributed by atoms with E-state index in [0.29, 0.717) is 27.9 Å². The molecule has 3 aromatic rings. The molecule has 0 saturated heterocycles. The van der Waals surface area contributed by atoms with Crippen molar-refractivity contribution in [2.45, 2.75) is 6.54 Å². The molecule has 1 aromatic heterocycles. The zero-order chi connectivity index (χ0) is 17.3. The summed E-state index contributed by atoms with van der Waals surface area (Å²) in [6.45, 7) is 0.580. The highest BCUT2D eigenvalue weighted by Crippen LogP contribution is 2.28. The number of fused-ring (bicyclic) bond motifs is 1. The number of methoxy groups -OCH3 is 1. The van der Waals surface area contributed by atoms with Crippen LogP contribution in [0.5, 0.6) is 5.75 Å². The lowest BCUT2D eigenvalue weighted by atomic mass is 10.1. The van der Waals surface area contributed by atoms with Crippen LogP contribution in [0, 0.1) is 0 Å². The Balaban J connectivity index is 2.10. The van der Waals surface area contributed by atoms with Gasteiger partial charge in [0.25, 0.3) is 5.91 Å². The van der Waals surface area contributed by atoms with Crippen LogP contribution in [0.4, 0.5) is 0 Å². The molecule has 4 nitrogen and oxygen atoms in total. The third-order valence-corrected chi connectivity index (χ3v) is 4.64. The maximum atomic E-state index is 12.2. The van der Waals surface area contributed by atoms with Crippen molar-refractivity contribution >= 4 is 40.0 Å². The first-order chi connectivity index (χ1) is 11.5. The number of rotatable bonds is 4. The lowest BCUT2D eigenvalue weighted by Crippen LogP contribution is -2.17. The van der Waals surface area contributed by atoms with Gasteiger partial charge in [0.05, 0.1) is 22.7 Å². The number of carbonyl (C=O) groups excluding carboxylic acids is 1. The van der Waals surface area contributed by atoms with E-state index in [4.69, 9.17) is 27.9 Å². The second-order valence-corrected chi connectivity index (χ2v) is 6.20. The van der Waals surface area contributed by atoms with E-state index in [1.54, 1.807) is 20.2 Å². The number of nitrogens with one attached hydrogen (secondary N) is 1. The van der Waals surface area contributed by atoms with Crippen molar-refractivity contribution in [3.63, 3.8) is 0 Å². The summed E-state index contributed by atoms with van der Waals surface area (Å²) in [5.41, 5.74) is 2.55. The van der Waals surface area contributed by atoms with Crippen molar-refractivity contribution < 1.29 is 9.53 Å². The summed E-state index contributed by atoms with van der Waals surface area (Å²) >= 11 is 12.1. The molecule has 0 bridgehead atoms. The second-order valence-electron chi connectivity index (χ2n) is 5.38. The van der Waals surface area contributed by atoms with Gasteiger partial charge in [-0.1, -0.05) is 29.3 Å². The van der Waals surface area contributed by atoms with E-state index in [1.807, 2.05) is 41.1 Å². The molecule has 1 heterocycles. The first-order valence-electron chi connectivity index (χ1n) is 7.36. The SMILES string of the molecule is CNC(=O)c1cn(Cc2ccc(Cl)c(Cl)c2)c2ccc(OC)cc12. The van der Waals surface area contributed by atoms with E-state index in [-0.39, 0.29) is 5.91 Å². The lowest BCUT2D eigenvalue weighted by molar-refractivity contribution is 0.0964. The van der Waals surface area contributed by atoms with Crippen LogP contribution in [0.3, 0.4) is 0 Å². The highest BCUT2D eigenvalue weighted by Gasteiger charge is 2.15. The fraction of sp³-hybridized carbons (Fsp3) is 0.167. The topological polar surface area (TPSA) is 43.3 Å². The van der Waals surface area contributed by atoms with Gasteiger partial charge in [0, 0.05) is 30.7 Å². The Morgan fingerprint density at radius 2 is 1.96 bits per heavy atom. The van der Waals surface area contributed by atoms with Crippen LogP contribution in [-0.4, -0.2) is 24.6 Å².